The third-order valence-corrected chi connectivity index (χ3v) is 4.51. The van der Waals surface area contributed by atoms with Crippen LogP contribution in [0.3, 0.4) is 0 Å². The lowest BCUT2D eigenvalue weighted by Gasteiger charge is -2.28. The highest BCUT2D eigenvalue weighted by molar-refractivity contribution is 5.77. The maximum absolute atomic E-state index is 12.3. The van der Waals surface area contributed by atoms with E-state index in [1.807, 2.05) is 19.9 Å². The molecule has 1 aliphatic rings. The summed E-state index contributed by atoms with van der Waals surface area (Å²) in [5.74, 6) is 0.462. The quantitative estimate of drug-likeness (QED) is 0.454. The van der Waals surface area contributed by atoms with Crippen molar-refractivity contribution in [1.82, 2.24) is 10.2 Å². The lowest BCUT2D eigenvalue weighted by Crippen LogP contribution is -2.43. The number of nitrogens with zero attached hydrogens (tertiary/aromatic N) is 1. The zero-order chi connectivity index (χ0) is 18.7. The summed E-state index contributed by atoms with van der Waals surface area (Å²) < 4.78 is 10.1. The summed E-state index contributed by atoms with van der Waals surface area (Å²) in [6, 6.07) is -0.185. The Morgan fingerprint density at radius 1 is 1.36 bits per heavy atom. The van der Waals surface area contributed by atoms with Gasteiger partial charge in [0.25, 0.3) is 0 Å². The average Bonchev–Trinajstić information content (AvgIpc) is 2.96. The van der Waals surface area contributed by atoms with Gasteiger partial charge in [0.05, 0.1) is 6.61 Å². The van der Waals surface area contributed by atoms with Crippen molar-refractivity contribution in [2.45, 2.75) is 46.1 Å². The molecule has 0 aromatic rings. The highest BCUT2D eigenvalue weighted by atomic mass is 16.5. The van der Waals surface area contributed by atoms with Gasteiger partial charge in [-0.25, -0.2) is 0 Å². The van der Waals surface area contributed by atoms with Gasteiger partial charge in [0.15, 0.2) is 0 Å². The number of carbonyl (C=O) groups is 2. The van der Waals surface area contributed by atoms with Gasteiger partial charge in [-0.2, -0.15) is 0 Å². The van der Waals surface area contributed by atoms with Gasteiger partial charge in [-0.1, -0.05) is 25.5 Å². The lowest BCUT2D eigenvalue weighted by atomic mass is 10.0. The molecule has 1 saturated heterocycles. The van der Waals surface area contributed by atoms with Crippen molar-refractivity contribution in [3.63, 3.8) is 0 Å². The molecule has 1 amide bonds. The number of likely N-dealkylation sites (tertiary alicyclic amines) is 1. The summed E-state index contributed by atoms with van der Waals surface area (Å²) in [7, 11) is 1.51. The predicted molar refractivity (Wildman–Crippen MR) is 98.2 cm³/mol. The van der Waals surface area contributed by atoms with E-state index in [1.54, 1.807) is 0 Å². The van der Waals surface area contributed by atoms with Gasteiger partial charge in [0, 0.05) is 26.7 Å². The molecule has 1 heterocycles. The van der Waals surface area contributed by atoms with E-state index in [1.165, 1.54) is 7.11 Å². The molecule has 0 bridgehead atoms. The van der Waals surface area contributed by atoms with E-state index in [4.69, 9.17) is 9.47 Å². The third kappa shape index (κ3) is 7.57. The van der Waals surface area contributed by atoms with Gasteiger partial charge >= 0.3 is 5.97 Å². The van der Waals surface area contributed by atoms with Gasteiger partial charge in [-0.3, -0.25) is 14.5 Å². The van der Waals surface area contributed by atoms with E-state index in [-0.39, 0.29) is 24.5 Å². The smallest absolute Gasteiger partial charge is 0.323 e. The molecular formula is C19H34N2O4. The molecule has 1 rings (SSSR count). The van der Waals surface area contributed by atoms with Crippen molar-refractivity contribution in [1.29, 1.82) is 0 Å². The summed E-state index contributed by atoms with van der Waals surface area (Å²) in [4.78, 5) is 26.2. The molecule has 144 valence electrons. The van der Waals surface area contributed by atoms with Gasteiger partial charge in [0.2, 0.25) is 5.91 Å². The van der Waals surface area contributed by atoms with Crippen LogP contribution in [0.4, 0.5) is 0 Å². The van der Waals surface area contributed by atoms with Crippen LogP contribution in [0.1, 0.15) is 40.0 Å². The average molecular weight is 354 g/mol. The van der Waals surface area contributed by atoms with Crippen LogP contribution in [0.25, 0.3) is 0 Å². The molecule has 1 aliphatic heterocycles. The molecule has 6 heteroatoms. The highest BCUT2D eigenvalue weighted by Crippen LogP contribution is 2.27. The zero-order valence-corrected chi connectivity index (χ0v) is 16.1. The molecule has 0 aliphatic carbocycles. The van der Waals surface area contributed by atoms with Crippen LogP contribution in [0.2, 0.25) is 0 Å². The number of hydrogen-bond acceptors (Lipinski definition) is 5. The molecule has 3 atom stereocenters. The number of amides is 1. The minimum Gasteiger partial charge on any atom is -0.465 e. The number of rotatable bonds is 11. The number of hydrogen-bond donors (Lipinski definition) is 1. The Hall–Kier alpha value is -1.40. The fourth-order valence-electron chi connectivity index (χ4n) is 3.47. The number of methoxy groups -OCH3 is 1. The van der Waals surface area contributed by atoms with Crippen LogP contribution >= 0.6 is 0 Å². The highest BCUT2D eigenvalue weighted by Gasteiger charge is 2.37. The SMILES string of the molecule is CC=C[C@H]1C[C@@H](C(=O)OCC)N(CC(CCC)CNC(=O)COC)C1. The summed E-state index contributed by atoms with van der Waals surface area (Å²) in [5.41, 5.74) is 0. The Balaban J connectivity index is 2.69. The van der Waals surface area contributed by atoms with Gasteiger partial charge in [-0.15, -0.1) is 0 Å². The van der Waals surface area contributed by atoms with E-state index in [9.17, 15) is 9.59 Å². The Kier molecular flexibility index (Phi) is 10.4. The van der Waals surface area contributed by atoms with E-state index in [2.05, 4.69) is 23.2 Å². The number of nitrogens with one attached hydrogen (secondary N) is 1. The van der Waals surface area contributed by atoms with Gasteiger partial charge in [0.1, 0.15) is 12.6 Å². The Morgan fingerprint density at radius 2 is 2.12 bits per heavy atom. The second-order valence-corrected chi connectivity index (χ2v) is 6.64. The maximum atomic E-state index is 12.3. The Morgan fingerprint density at radius 3 is 2.72 bits per heavy atom. The fourth-order valence-corrected chi connectivity index (χ4v) is 3.47. The molecule has 1 N–H and O–H groups in total. The molecule has 0 aromatic carbocycles. The summed E-state index contributed by atoms with van der Waals surface area (Å²) in [6.45, 7) is 8.73. The molecule has 1 fully saturated rings. The maximum Gasteiger partial charge on any atom is 0.323 e. The first-order chi connectivity index (χ1) is 12.0. The van der Waals surface area contributed by atoms with Crippen molar-refractivity contribution >= 4 is 11.9 Å². The van der Waals surface area contributed by atoms with Crippen LogP contribution in [-0.2, 0) is 19.1 Å². The van der Waals surface area contributed by atoms with Crippen molar-refractivity contribution in [2.75, 3.05) is 40.0 Å². The third-order valence-electron chi connectivity index (χ3n) is 4.51. The van der Waals surface area contributed by atoms with E-state index in [0.29, 0.717) is 25.0 Å². The summed E-state index contributed by atoms with van der Waals surface area (Å²) >= 11 is 0. The lowest BCUT2D eigenvalue weighted by molar-refractivity contribution is -0.148. The molecule has 0 saturated carbocycles. The standard InChI is InChI=1S/C19H34N2O4/c1-5-8-15-10-17(19(23)25-7-3)21(12-15)13-16(9-6-2)11-20-18(22)14-24-4/h5,8,15-17H,6-7,9-14H2,1-4H3,(H,20,22)/t15-,16?,17-/m0/s1. The second-order valence-electron chi connectivity index (χ2n) is 6.64. The number of esters is 1. The fraction of sp³-hybridized carbons (Fsp3) is 0.789. The van der Waals surface area contributed by atoms with Crippen LogP contribution in [0.5, 0.6) is 0 Å². The van der Waals surface area contributed by atoms with E-state index < -0.39 is 0 Å². The first-order valence-electron chi connectivity index (χ1n) is 9.34. The van der Waals surface area contributed by atoms with Gasteiger partial charge in [-0.05, 0) is 38.5 Å². The van der Waals surface area contributed by atoms with E-state index >= 15 is 0 Å². The van der Waals surface area contributed by atoms with E-state index in [0.717, 1.165) is 32.4 Å². The molecule has 25 heavy (non-hydrogen) atoms. The Bertz CT molecular complexity index is 439. The number of ether oxygens (including phenoxy) is 2. The van der Waals surface area contributed by atoms with Crippen molar-refractivity contribution in [2.24, 2.45) is 11.8 Å². The largest absolute Gasteiger partial charge is 0.465 e. The summed E-state index contributed by atoms with van der Waals surface area (Å²) in [5, 5.41) is 2.93. The normalized spacial score (nSPS) is 22.2. The first-order valence-corrected chi connectivity index (χ1v) is 9.34. The van der Waals surface area contributed by atoms with Crippen LogP contribution in [0.15, 0.2) is 12.2 Å². The molecule has 0 aromatic heterocycles. The van der Waals surface area contributed by atoms with Gasteiger partial charge < -0.3 is 14.8 Å². The monoisotopic (exact) mass is 354 g/mol. The molecule has 0 radical (unpaired) electrons. The van der Waals surface area contributed by atoms with Crippen LogP contribution in [0, 0.1) is 11.8 Å². The Labute approximate surface area is 151 Å². The molecular weight excluding hydrogens is 320 g/mol. The summed E-state index contributed by atoms with van der Waals surface area (Å²) in [6.07, 6.45) is 7.07. The first kappa shape index (κ1) is 21.6. The minimum atomic E-state index is -0.185. The number of carbonyl (C=O) groups excluding carboxylic acids is 2. The number of allylic oxidation sites excluding steroid dienone is 1. The topological polar surface area (TPSA) is 67.9 Å². The molecule has 0 spiro atoms. The van der Waals surface area contributed by atoms with Crippen LogP contribution < -0.4 is 5.32 Å². The van der Waals surface area contributed by atoms with Crippen LogP contribution in [-0.4, -0.2) is 62.8 Å². The predicted octanol–water partition coefficient (Wildman–Crippen LogP) is 2.00. The molecule has 6 nitrogen and oxygen atoms in total. The molecule has 1 unspecified atom stereocenters. The van der Waals surface area contributed by atoms with Crippen molar-refractivity contribution in [3.8, 4) is 0 Å². The van der Waals surface area contributed by atoms with Crippen molar-refractivity contribution in [3.05, 3.63) is 12.2 Å². The van der Waals surface area contributed by atoms with Crippen molar-refractivity contribution < 1.29 is 19.1 Å². The minimum absolute atomic E-state index is 0.0807. The second kappa shape index (κ2) is 12.0. The zero-order valence-electron chi connectivity index (χ0n) is 16.1.